The number of Topliss-reactive ketones (excluding diaryl/α,β-unsaturated/α-hetero) is 1. The molecule has 0 amide bonds. The van der Waals surface area contributed by atoms with Gasteiger partial charge in [0.1, 0.15) is 0 Å². The molecule has 0 aromatic heterocycles. The maximum absolute atomic E-state index is 12.0. The Hall–Kier alpha value is -1.79. The smallest absolute Gasteiger partial charge is 0.341 e. The van der Waals surface area contributed by atoms with Crippen molar-refractivity contribution in [3.63, 3.8) is 0 Å². The molecule has 0 bridgehead atoms. The fourth-order valence-electron chi connectivity index (χ4n) is 1.86. The van der Waals surface area contributed by atoms with E-state index in [-0.39, 0.29) is 31.2 Å². The van der Waals surface area contributed by atoms with Crippen molar-refractivity contribution in [2.75, 3.05) is 13.2 Å². The third-order valence-corrected chi connectivity index (χ3v) is 4.32. The van der Waals surface area contributed by atoms with Gasteiger partial charge in [0.25, 0.3) is 0 Å². The molecule has 26 heavy (non-hydrogen) atoms. The molecule has 136 valence electrons. The Morgan fingerprint density at radius 1 is 0.654 bits per heavy atom. The van der Waals surface area contributed by atoms with Crippen molar-refractivity contribution < 1.29 is 23.9 Å². The van der Waals surface area contributed by atoms with E-state index in [9.17, 15) is 14.4 Å². The molecule has 0 spiro atoms. The molecule has 0 aliphatic rings. The lowest BCUT2D eigenvalue weighted by Crippen LogP contribution is -2.21. The van der Waals surface area contributed by atoms with Crippen LogP contribution in [0.5, 0.6) is 0 Å². The average Bonchev–Trinajstić information content (AvgIpc) is 2.57. The predicted octanol–water partition coefficient (Wildman–Crippen LogP) is 4.88. The van der Waals surface area contributed by atoms with E-state index in [2.05, 4.69) is 0 Å². The van der Waals surface area contributed by atoms with Crippen LogP contribution >= 0.6 is 46.4 Å². The molecule has 0 saturated heterocycles. The number of hydrogen-bond acceptors (Lipinski definition) is 5. The monoisotopic (exact) mass is 434 g/mol. The summed E-state index contributed by atoms with van der Waals surface area (Å²) in [4.78, 5) is 35.7. The molecule has 2 rings (SSSR count). The summed E-state index contributed by atoms with van der Waals surface area (Å²) < 4.78 is 9.67. The summed E-state index contributed by atoms with van der Waals surface area (Å²) in [6, 6.07) is 8.96. The van der Waals surface area contributed by atoms with Crippen molar-refractivity contribution in [1.29, 1.82) is 0 Å². The number of ether oxygens (including phenoxy) is 2. The maximum atomic E-state index is 12.0. The molecule has 0 atom stereocenters. The Balaban J connectivity index is 1.90. The largest absolute Gasteiger partial charge is 0.454 e. The van der Waals surface area contributed by atoms with Gasteiger partial charge in [-0.05, 0) is 24.3 Å². The highest BCUT2D eigenvalue weighted by Crippen LogP contribution is 2.26. The van der Waals surface area contributed by atoms with Gasteiger partial charge in [-0.1, -0.05) is 58.5 Å². The van der Waals surface area contributed by atoms with Crippen LogP contribution in [0, 0.1) is 0 Å². The molecule has 2 aromatic rings. The van der Waals surface area contributed by atoms with E-state index in [0.717, 1.165) is 0 Å². The number of hydrogen-bond donors (Lipinski definition) is 0. The van der Waals surface area contributed by atoms with Crippen LogP contribution in [0.2, 0.25) is 20.1 Å². The van der Waals surface area contributed by atoms with E-state index in [4.69, 9.17) is 55.9 Å². The van der Waals surface area contributed by atoms with Crippen molar-refractivity contribution in [3.05, 3.63) is 67.6 Å². The van der Waals surface area contributed by atoms with Crippen LogP contribution < -0.4 is 0 Å². The molecule has 5 nitrogen and oxygen atoms in total. The minimum atomic E-state index is -0.866. The Bertz CT molecular complexity index is 756. The topological polar surface area (TPSA) is 69.7 Å². The highest BCUT2D eigenvalue weighted by atomic mass is 35.5. The third-order valence-electron chi connectivity index (χ3n) is 3.06. The van der Waals surface area contributed by atoms with Gasteiger partial charge in [-0.3, -0.25) is 4.79 Å². The second-order valence-corrected chi connectivity index (χ2v) is 6.51. The third kappa shape index (κ3) is 5.11. The molecule has 0 radical (unpaired) electrons. The zero-order valence-electron chi connectivity index (χ0n) is 12.9. The lowest BCUT2D eigenvalue weighted by molar-refractivity contribution is -0.125. The summed E-state index contributed by atoms with van der Waals surface area (Å²) >= 11 is 23.5. The van der Waals surface area contributed by atoms with Crippen molar-refractivity contribution in [2.45, 2.75) is 0 Å². The molecule has 0 aliphatic carbocycles. The standard InChI is InChI=1S/C17H10Cl4O5/c18-10-3-1-4-11(19)14(10)16(23)25-7-9(22)8-26-17(24)15-12(20)5-2-6-13(15)21/h1-6H,7-8H2. The number of carbonyl (C=O) groups is 3. The summed E-state index contributed by atoms with van der Waals surface area (Å²) in [5.41, 5.74) is -0.105. The van der Waals surface area contributed by atoms with Crippen molar-refractivity contribution in [1.82, 2.24) is 0 Å². The van der Waals surface area contributed by atoms with Crippen LogP contribution in [0.1, 0.15) is 20.7 Å². The van der Waals surface area contributed by atoms with Crippen LogP contribution in [0.15, 0.2) is 36.4 Å². The normalized spacial score (nSPS) is 10.3. The Morgan fingerprint density at radius 3 is 1.27 bits per heavy atom. The first-order chi connectivity index (χ1) is 12.3. The van der Waals surface area contributed by atoms with E-state index in [1.165, 1.54) is 24.3 Å². The molecule has 0 saturated carbocycles. The molecule has 0 unspecified atom stereocenters. The van der Waals surface area contributed by atoms with Gasteiger partial charge < -0.3 is 9.47 Å². The van der Waals surface area contributed by atoms with Crippen molar-refractivity contribution in [2.24, 2.45) is 0 Å². The van der Waals surface area contributed by atoms with Crippen molar-refractivity contribution >= 4 is 64.1 Å². The first-order valence-corrected chi connectivity index (χ1v) is 8.56. The number of halogens is 4. The van der Waals surface area contributed by atoms with Gasteiger partial charge in [0.2, 0.25) is 5.78 Å². The van der Waals surface area contributed by atoms with Crippen LogP contribution in [0.25, 0.3) is 0 Å². The quantitative estimate of drug-likeness (QED) is 0.604. The highest BCUT2D eigenvalue weighted by molar-refractivity contribution is 6.40. The minimum Gasteiger partial charge on any atom is -0.454 e. The number of ketones is 1. The molecule has 0 fully saturated rings. The fourth-order valence-corrected chi connectivity index (χ4v) is 2.97. The van der Waals surface area contributed by atoms with Gasteiger partial charge >= 0.3 is 11.9 Å². The highest BCUT2D eigenvalue weighted by Gasteiger charge is 2.20. The molecular weight excluding hydrogens is 426 g/mol. The molecule has 0 aliphatic heterocycles. The number of benzene rings is 2. The summed E-state index contributed by atoms with van der Waals surface area (Å²) in [5, 5.41) is 0.369. The zero-order chi connectivity index (χ0) is 19.3. The fraction of sp³-hybridized carbons (Fsp3) is 0.118. The second kappa shape index (κ2) is 9.24. The average molecular weight is 436 g/mol. The first-order valence-electron chi connectivity index (χ1n) is 7.05. The minimum absolute atomic E-state index is 0.0523. The van der Waals surface area contributed by atoms with Crippen molar-refractivity contribution in [3.8, 4) is 0 Å². The van der Waals surface area contributed by atoms with Crippen LogP contribution in [-0.4, -0.2) is 30.9 Å². The summed E-state index contributed by atoms with van der Waals surface area (Å²) in [7, 11) is 0. The van der Waals surface area contributed by atoms with Crippen LogP contribution in [-0.2, 0) is 14.3 Å². The Labute approximate surface area is 168 Å². The summed E-state index contributed by atoms with van der Waals surface area (Å²) in [6.07, 6.45) is 0. The maximum Gasteiger partial charge on any atom is 0.341 e. The van der Waals surface area contributed by atoms with Gasteiger partial charge in [-0.2, -0.15) is 0 Å². The van der Waals surface area contributed by atoms with E-state index < -0.39 is 30.9 Å². The molecule has 2 aromatic carbocycles. The lowest BCUT2D eigenvalue weighted by Gasteiger charge is -2.09. The zero-order valence-corrected chi connectivity index (χ0v) is 16.0. The lowest BCUT2D eigenvalue weighted by atomic mass is 10.2. The second-order valence-electron chi connectivity index (χ2n) is 4.88. The van der Waals surface area contributed by atoms with E-state index in [0.29, 0.717) is 0 Å². The van der Waals surface area contributed by atoms with Gasteiger partial charge in [0.05, 0.1) is 31.2 Å². The number of carbonyl (C=O) groups excluding carboxylic acids is 3. The predicted molar refractivity (Wildman–Crippen MR) is 98.5 cm³/mol. The number of esters is 2. The van der Waals surface area contributed by atoms with Gasteiger partial charge in [0, 0.05) is 0 Å². The number of rotatable bonds is 6. The van der Waals surface area contributed by atoms with Gasteiger partial charge in [-0.25, -0.2) is 9.59 Å². The molecular formula is C17H10Cl4O5. The van der Waals surface area contributed by atoms with Gasteiger partial charge in [0.15, 0.2) is 13.2 Å². The van der Waals surface area contributed by atoms with Crippen LogP contribution in [0.3, 0.4) is 0 Å². The molecule has 9 heteroatoms. The Kier molecular flexibility index (Phi) is 7.29. The first kappa shape index (κ1) is 20.5. The molecule has 0 N–H and O–H groups in total. The van der Waals surface area contributed by atoms with E-state index in [1.54, 1.807) is 12.1 Å². The SMILES string of the molecule is O=C(COC(=O)c1c(Cl)cccc1Cl)COC(=O)c1c(Cl)cccc1Cl. The summed E-state index contributed by atoms with van der Waals surface area (Å²) in [5.74, 6) is -2.39. The summed E-state index contributed by atoms with van der Waals surface area (Å²) in [6.45, 7) is -1.24. The van der Waals surface area contributed by atoms with E-state index >= 15 is 0 Å². The van der Waals surface area contributed by atoms with Crippen LogP contribution in [0.4, 0.5) is 0 Å². The molecule has 0 heterocycles. The van der Waals surface area contributed by atoms with Gasteiger partial charge in [-0.15, -0.1) is 0 Å². The Morgan fingerprint density at radius 2 is 0.962 bits per heavy atom. The van der Waals surface area contributed by atoms with E-state index in [1.807, 2.05) is 0 Å².